The highest BCUT2D eigenvalue weighted by Gasteiger charge is 2.29. The first kappa shape index (κ1) is 18.3. The van der Waals surface area contributed by atoms with Crippen LogP contribution in [0.1, 0.15) is 5.56 Å². The van der Waals surface area contributed by atoms with Gasteiger partial charge in [-0.3, -0.25) is 4.90 Å². The quantitative estimate of drug-likeness (QED) is 0.810. The summed E-state index contributed by atoms with van der Waals surface area (Å²) in [6.45, 7) is 2.08. The lowest BCUT2D eigenvalue weighted by atomic mass is 10.2. The Bertz CT molecular complexity index is 869. The smallest absolute Gasteiger partial charge is 0.244 e. The molecule has 0 aliphatic carbocycles. The molecule has 1 aliphatic rings. The predicted octanol–water partition coefficient (Wildman–Crippen LogP) is 3.12. The maximum Gasteiger partial charge on any atom is 0.244 e. The molecule has 0 N–H and O–H groups in total. The van der Waals surface area contributed by atoms with Gasteiger partial charge in [0.1, 0.15) is 4.90 Å². The van der Waals surface area contributed by atoms with Gasteiger partial charge in [0, 0.05) is 32.7 Å². The van der Waals surface area contributed by atoms with Gasteiger partial charge in [-0.15, -0.1) is 0 Å². The van der Waals surface area contributed by atoms with Crippen LogP contribution in [0.25, 0.3) is 0 Å². The molecule has 0 bridgehead atoms. The number of hydrogen-bond acceptors (Lipinski definition) is 3. The van der Waals surface area contributed by atoms with Gasteiger partial charge in [0.25, 0.3) is 0 Å². The van der Waals surface area contributed by atoms with Crippen molar-refractivity contribution >= 4 is 21.6 Å². The molecule has 0 spiro atoms. The molecule has 3 rings (SSSR count). The van der Waals surface area contributed by atoms with Gasteiger partial charge in [-0.25, -0.2) is 17.2 Å². The maximum atomic E-state index is 13.3. The van der Waals surface area contributed by atoms with E-state index in [0.29, 0.717) is 38.3 Å². The van der Waals surface area contributed by atoms with Crippen LogP contribution in [0, 0.1) is 11.6 Å². The molecule has 0 atom stereocenters. The number of halogens is 3. The fourth-order valence-electron chi connectivity index (χ4n) is 2.82. The lowest BCUT2D eigenvalue weighted by Gasteiger charge is -2.34. The zero-order valence-corrected chi connectivity index (χ0v) is 14.9. The summed E-state index contributed by atoms with van der Waals surface area (Å²) in [4.78, 5) is 2.11. The summed E-state index contributed by atoms with van der Waals surface area (Å²) in [7, 11) is -3.64. The summed E-state index contributed by atoms with van der Waals surface area (Å²) in [6, 6.07) is 10.2. The minimum atomic E-state index is -3.64. The van der Waals surface area contributed by atoms with Gasteiger partial charge >= 0.3 is 0 Å². The largest absolute Gasteiger partial charge is 0.296 e. The van der Waals surface area contributed by atoms with E-state index in [0.717, 1.165) is 6.07 Å². The Morgan fingerprint density at radius 2 is 1.64 bits per heavy atom. The van der Waals surface area contributed by atoms with Crippen LogP contribution in [0.4, 0.5) is 8.78 Å². The standard InChI is InChI=1S/C17H17ClF2N2O2S/c18-14-3-1-2-4-17(14)25(23,24)22-9-7-21(8-10-22)12-13-5-6-15(19)16(20)11-13/h1-6,11H,7-10,12H2. The highest BCUT2D eigenvalue weighted by Crippen LogP contribution is 2.25. The molecule has 1 saturated heterocycles. The second-order valence-electron chi connectivity index (χ2n) is 5.86. The SMILES string of the molecule is O=S(=O)(c1ccccc1Cl)N1CCN(Cc2ccc(F)c(F)c2)CC1. The van der Waals surface area contributed by atoms with Crippen molar-refractivity contribution < 1.29 is 17.2 Å². The fraction of sp³-hybridized carbons (Fsp3) is 0.294. The first-order chi connectivity index (χ1) is 11.9. The number of sulfonamides is 1. The molecule has 0 unspecified atom stereocenters. The summed E-state index contributed by atoms with van der Waals surface area (Å²) in [5.74, 6) is -1.75. The van der Waals surface area contributed by atoms with E-state index < -0.39 is 21.7 Å². The van der Waals surface area contributed by atoms with Crippen LogP contribution < -0.4 is 0 Å². The molecule has 2 aromatic carbocycles. The maximum absolute atomic E-state index is 13.3. The zero-order chi connectivity index (χ0) is 18.0. The summed E-state index contributed by atoms with van der Waals surface area (Å²) in [6.07, 6.45) is 0. The molecular formula is C17H17ClF2N2O2S. The molecule has 1 fully saturated rings. The van der Waals surface area contributed by atoms with Crippen LogP contribution >= 0.6 is 11.6 Å². The number of piperazine rings is 1. The highest BCUT2D eigenvalue weighted by atomic mass is 35.5. The van der Waals surface area contributed by atoms with Gasteiger partial charge in [0.05, 0.1) is 5.02 Å². The third kappa shape index (κ3) is 4.00. The molecular weight excluding hydrogens is 370 g/mol. The molecule has 0 saturated carbocycles. The van der Waals surface area contributed by atoms with E-state index >= 15 is 0 Å². The molecule has 1 aliphatic heterocycles. The van der Waals surface area contributed by atoms with Gasteiger partial charge in [-0.2, -0.15) is 4.31 Å². The third-order valence-electron chi connectivity index (χ3n) is 4.18. The summed E-state index contributed by atoms with van der Waals surface area (Å²) in [5, 5.41) is 0.201. The van der Waals surface area contributed by atoms with Crippen LogP contribution in [-0.2, 0) is 16.6 Å². The van der Waals surface area contributed by atoms with Crippen LogP contribution in [-0.4, -0.2) is 43.8 Å². The Morgan fingerprint density at radius 1 is 0.960 bits per heavy atom. The van der Waals surface area contributed by atoms with Crippen molar-refractivity contribution in [2.75, 3.05) is 26.2 Å². The average Bonchev–Trinajstić information content (AvgIpc) is 2.59. The lowest BCUT2D eigenvalue weighted by molar-refractivity contribution is 0.181. The van der Waals surface area contributed by atoms with E-state index in [1.165, 1.54) is 22.5 Å². The van der Waals surface area contributed by atoms with Gasteiger partial charge in [-0.05, 0) is 29.8 Å². The molecule has 2 aromatic rings. The predicted molar refractivity (Wildman–Crippen MR) is 91.8 cm³/mol. The third-order valence-corrected chi connectivity index (χ3v) is 6.57. The number of benzene rings is 2. The number of rotatable bonds is 4. The molecule has 0 radical (unpaired) electrons. The Labute approximate surface area is 150 Å². The van der Waals surface area contributed by atoms with Gasteiger partial charge in [0.2, 0.25) is 10.0 Å². The van der Waals surface area contributed by atoms with E-state index in [1.54, 1.807) is 18.2 Å². The highest BCUT2D eigenvalue weighted by molar-refractivity contribution is 7.89. The van der Waals surface area contributed by atoms with Crippen molar-refractivity contribution in [1.29, 1.82) is 0 Å². The van der Waals surface area contributed by atoms with E-state index in [-0.39, 0.29) is 9.92 Å². The molecule has 25 heavy (non-hydrogen) atoms. The van der Waals surface area contributed by atoms with Crippen molar-refractivity contribution in [2.45, 2.75) is 11.4 Å². The molecule has 4 nitrogen and oxygen atoms in total. The molecule has 1 heterocycles. The Kier molecular flexibility index (Phi) is 5.38. The fourth-order valence-corrected chi connectivity index (χ4v) is 4.73. The van der Waals surface area contributed by atoms with Crippen molar-refractivity contribution in [2.24, 2.45) is 0 Å². The van der Waals surface area contributed by atoms with E-state index in [9.17, 15) is 17.2 Å². The van der Waals surface area contributed by atoms with Gasteiger partial charge < -0.3 is 0 Å². The topological polar surface area (TPSA) is 40.6 Å². The van der Waals surface area contributed by atoms with E-state index in [4.69, 9.17) is 11.6 Å². The van der Waals surface area contributed by atoms with Crippen molar-refractivity contribution in [3.05, 3.63) is 64.7 Å². The molecule has 0 aromatic heterocycles. The van der Waals surface area contributed by atoms with Crippen LogP contribution in [0.5, 0.6) is 0 Å². The summed E-state index contributed by atoms with van der Waals surface area (Å²) < 4.78 is 53.0. The first-order valence-electron chi connectivity index (χ1n) is 7.79. The minimum absolute atomic E-state index is 0.103. The number of hydrogen-bond donors (Lipinski definition) is 0. The molecule has 0 amide bonds. The molecule has 8 heteroatoms. The Hall–Kier alpha value is -1.54. The summed E-state index contributed by atoms with van der Waals surface area (Å²) >= 11 is 6.01. The van der Waals surface area contributed by atoms with Crippen molar-refractivity contribution in [3.8, 4) is 0 Å². The number of nitrogens with zero attached hydrogens (tertiary/aromatic N) is 2. The van der Waals surface area contributed by atoms with Crippen LogP contribution in [0.3, 0.4) is 0 Å². The van der Waals surface area contributed by atoms with E-state index in [1.807, 2.05) is 4.90 Å². The Morgan fingerprint density at radius 3 is 2.28 bits per heavy atom. The monoisotopic (exact) mass is 386 g/mol. The normalized spacial score (nSPS) is 16.9. The van der Waals surface area contributed by atoms with Crippen LogP contribution in [0.2, 0.25) is 5.02 Å². The van der Waals surface area contributed by atoms with Crippen LogP contribution in [0.15, 0.2) is 47.4 Å². The Balaban J connectivity index is 1.65. The first-order valence-corrected chi connectivity index (χ1v) is 9.61. The van der Waals surface area contributed by atoms with E-state index in [2.05, 4.69) is 0 Å². The second-order valence-corrected chi connectivity index (χ2v) is 8.17. The van der Waals surface area contributed by atoms with Crippen molar-refractivity contribution in [3.63, 3.8) is 0 Å². The molecule has 134 valence electrons. The summed E-state index contributed by atoms with van der Waals surface area (Å²) in [5.41, 5.74) is 0.654. The zero-order valence-electron chi connectivity index (χ0n) is 13.3. The van der Waals surface area contributed by atoms with Gasteiger partial charge in [-0.1, -0.05) is 29.8 Å². The second kappa shape index (κ2) is 7.37. The van der Waals surface area contributed by atoms with Crippen molar-refractivity contribution in [1.82, 2.24) is 9.21 Å². The lowest BCUT2D eigenvalue weighted by Crippen LogP contribution is -2.48. The minimum Gasteiger partial charge on any atom is -0.296 e. The van der Waals surface area contributed by atoms with Gasteiger partial charge in [0.15, 0.2) is 11.6 Å². The average molecular weight is 387 g/mol.